The summed E-state index contributed by atoms with van der Waals surface area (Å²) in [6, 6.07) is 12.4. The topological polar surface area (TPSA) is 102 Å². The number of nitrogens with one attached hydrogen (secondary N) is 1. The van der Waals surface area contributed by atoms with E-state index in [1.165, 1.54) is 26.4 Å². The number of ether oxygens (including phenoxy) is 2. The van der Waals surface area contributed by atoms with Crippen LogP contribution in [0.15, 0.2) is 53.4 Å². The molecule has 0 radical (unpaired) electrons. The maximum atomic E-state index is 13.2. The summed E-state index contributed by atoms with van der Waals surface area (Å²) in [7, 11) is -1.60. The number of methoxy groups -OCH3 is 2. The van der Waals surface area contributed by atoms with Crippen LogP contribution in [0.25, 0.3) is 0 Å². The SMILES string of the molecule is COC(=O)C(Cc1ccccc1)NS(=O)(=O)c1cc(N2CCCC2=O)ccc1OC. The lowest BCUT2D eigenvalue weighted by molar-refractivity contribution is -0.142. The molecule has 0 aliphatic carbocycles. The number of benzene rings is 2. The van der Waals surface area contributed by atoms with Crippen LogP contribution < -0.4 is 14.4 Å². The molecule has 1 saturated heterocycles. The van der Waals surface area contributed by atoms with Gasteiger partial charge in [0.1, 0.15) is 16.7 Å². The van der Waals surface area contributed by atoms with Crippen molar-refractivity contribution in [3.63, 3.8) is 0 Å². The van der Waals surface area contributed by atoms with Crippen LogP contribution >= 0.6 is 0 Å². The van der Waals surface area contributed by atoms with Gasteiger partial charge in [-0.05, 0) is 36.6 Å². The second-order valence-corrected chi connectivity index (χ2v) is 8.55. The summed E-state index contributed by atoms with van der Waals surface area (Å²) < 4.78 is 38.8. The zero-order valence-corrected chi connectivity index (χ0v) is 17.6. The zero-order valence-electron chi connectivity index (χ0n) is 16.8. The van der Waals surface area contributed by atoms with Crippen LogP contribution in [0.5, 0.6) is 5.75 Å². The number of anilines is 1. The lowest BCUT2D eigenvalue weighted by Crippen LogP contribution is -2.43. The molecule has 1 fully saturated rings. The molecule has 1 aliphatic heterocycles. The van der Waals surface area contributed by atoms with Crippen molar-refractivity contribution in [2.75, 3.05) is 25.7 Å². The molecular formula is C21H24N2O6S. The summed E-state index contributed by atoms with van der Waals surface area (Å²) in [6.07, 6.45) is 1.26. The van der Waals surface area contributed by atoms with Crippen molar-refractivity contribution in [2.24, 2.45) is 0 Å². The molecule has 2 aromatic carbocycles. The molecule has 30 heavy (non-hydrogen) atoms. The predicted molar refractivity (Wildman–Crippen MR) is 111 cm³/mol. The molecule has 0 aromatic heterocycles. The third-order valence-electron chi connectivity index (χ3n) is 4.89. The first kappa shape index (κ1) is 21.8. The number of carbonyl (C=O) groups is 2. The van der Waals surface area contributed by atoms with Crippen LogP contribution in [0, 0.1) is 0 Å². The van der Waals surface area contributed by atoms with E-state index < -0.39 is 22.0 Å². The number of amides is 1. The lowest BCUT2D eigenvalue weighted by Gasteiger charge is -2.20. The summed E-state index contributed by atoms with van der Waals surface area (Å²) in [5.74, 6) is -0.651. The van der Waals surface area contributed by atoms with Crippen molar-refractivity contribution < 1.29 is 27.5 Å². The van der Waals surface area contributed by atoms with Crippen LogP contribution in [-0.2, 0) is 30.8 Å². The molecule has 0 spiro atoms. The third kappa shape index (κ3) is 4.80. The fourth-order valence-electron chi connectivity index (χ4n) is 3.38. The summed E-state index contributed by atoms with van der Waals surface area (Å²) in [4.78, 5) is 25.7. The molecule has 1 N–H and O–H groups in total. The number of carbonyl (C=O) groups excluding carboxylic acids is 2. The minimum absolute atomic E-state index is 0.0620. The lowest BCUT2D eigenvalue weighted by atomic mass is 10.1. The summed E-state index contributed by atoms with van der Waals surface area (Å²) in [6.45, 7) is 0.525. The Balaban J connectivity index is 1.93. The van der Waals surface area contributed by atoms with E-state index in [1.54, 1.807) is 35.2 Å². The number of nitrogens with zero attached hydrogens (tertiary/aromatic N) is 1. The first-order chi connectivity index (χ1) is 14.4. The molecule has 1 unspecified atom stereocenters. The Morgan fingerprint density at radius 1 is 1.17 bits per heavy atom. The Bertz CT molecular complexity index is 1020. The third-order valence-corrected chi connectivity index (χ3v) is 6.38. The van der Waals surface area contributed by atoms with E-state index in [1.807, 2.05) is 6.07 Å². The van der Waals surface area contributed by atoms with Gasteiger partial charge in [0.15, 0.2) is 0 Å². The van der Waals surface area contributed by atoms with Gasteiger partial charge in [-0.2, -0.15) is 4.72 Å². The average molecular weight is 432 g/mol. The molecule has 8 nitrogen and oxygen atoms in total. The minimum Gasteiger partial charge on any atom is -0.495 e. The van der Waals surface area contributed by atoms with Gasteiger partial charge in [0.25, 0.3) is 0 Å². The average Bonchev–Trinajstić information content (AvgIpc) is 3.18. The highest BCUT2D eigenvalue weighted by atomic mass is 32.2. The Morgan fingerprint density at radius 2 is 1.90 bits per heavy atom. The fourth-order valence-corrected chi connectivity index (χ4v) is 4.75. The van der Waals surface area contributed by atoms with Crippen LogP contribution in [0.3, 0.4) is 0 Å². The van der Waals surface area contributed by atoms with Crippen molar-refractivity contribution in [1.82, 2.24) is 4.72 Å². The molecule has 1 atom stereocenters. The maximum absolute atomic E-state index is 13.2. The predicted octanol–water partition coefficient (Wildman–Crippen LogP) is 1.88. The molecule has 0 bridgehead atoms. The van der Waals surface area contributed by atoms with Crippen LogP contribution in [0.1, 0.15) is 18.4 Å². The molecule has 3 rings (SSSR count). The molecule has 1 aliphatic rings. The van der Waals surface area contributed by atoms with Gasteiger partial charge in [-0.3, -0.25) is 9.59 Å². The van der Waals surface area contributed by atoms with E-state index in [0.29, 0.717) is 25.1 Å². The fraction of sp³-hybridized carbons (Fsp3) is 0.333. The second kappa shape index (κ2) is 9.27. The Labute approximate surface area is 175 Å². The smallest absolute Gasteiger partial charge is 0.324 e. The van der Waals surface area contributed by atoms with Crippen molar-refractivity contribution in [2.45, 2.75) is 30.2 Å². The van der Waals surface area contributed by atoms with Gasteiger partial charge in [-0.1, -0.05) is 30.3 Å². The van der Waals surface area contributed by atoms with E-state index >= 15 is 0 Å². The van der Waals surface area contributed by atoms with Gasteiger partial charge < -0.3 is 14.4 Å². The molecule has 2 aromatic rings. The Morgan fingerprint density at radius 3 is 2.50 bits per heavy atom. The number of rotatable bonds is 8. The van der Waals surface area contributed by atoms with E-state index in [2.05, 4.69) is 4.72 Å². The van der Waals surface area contributed by atoms with E-state index in [4.69, 9.17) is 9.47 Å². The highest BCUT2D eigenvalue weighted by molar-refractivity contribution is 7.89. The van der Waals surface area contributed by atoms with Crippen LogP contribution in [0.4, 0.5) is 5.69 Å². The molecule has 160 valence electrons. The van der Waals surface area contributed by atoms with Gasteiger partial charge in [0.05, 0.1) is 14.2 Å². The van der Waals surface area contributed by atoms with Gasteiger partial charge in [-0.15, -0.1) is 0 Å². The second-order valence-electron chi connectivity index (χ2n) is 6.87. The maximum Gasteiger partial charge on any atom is 0.324 e. The quantitative estimate of drug-likeness (QED) is 0.639. The van der Waals surface area contributed by atoms with Crippen LogP contribution in [-0.4, -0.2) is 47.1 Å². The normalized spacial score (nSPS) is 15.1. The minimum atomic E-state index is -4.16. The number of sulfonamides is 1. The largest absolute Gasteiger partial charge is 0.495 e. The van der Waals surface area contributed by atoms with E-state index in [9.17, 15) is 18.0 Å². The molecule has 9 heteroatoms. The molecule has 1 heterocycles. The van der Waals surface area contributed by atoms with Gasteiger partial charge in [-0.25, -0.2) is 8.42 Å². The van der Waals surface area contributed by atoms with Crippen LogP contribution in [0.2, 0.25) is 0 Å². The van der Waals surface area contributed by atoms with Crippen molar-refractivity contribution in [3.8, 4) is 5.75 Å². The highest BCUT2D eigenvalue weighted by Gasteiger charge is 2.30. The van der Waals surface area contributed by atoms with E-state index in [-0.39, 0.29) is 23.0 Å². The molecule has 0 saturated carbocycles. The Kier molecular flexibility index (Phi) is 6.73. The highest BCUT2D eigenvalue weighted by Crippen LogP contribution is 2.31. The monoisotopic (exact) mass is 432 g/mol. The summed E-state index contributed by atoms with van der Waals surface area (Å²) >= 11 is 0. The number of hydrogen-bond acceptors (Lipinski definition) is 6. The molecular weight excluding hydrogens is 408 g/mol. The first-order valence-corrected chi connectivity index (χ1v) is 11.0. The number of hydrogen-bond donors (Lipinski definition) is 1. The summed E-state index contributed by atoms with van der Waals surface area (Å²) in [5.41, 5.74) is 1.25. The zero-order chi connectivity index (χ0) is 21.7. The van der Waals surface area contributed by atoms with Gasteiger partial charge in [0.2, 0.25) is 15.9 Å². The standard InChI is InChI=1S/C21H24N2O6S/c1-28-18-11-10-16(23-12-6-9-20(23)24)14-19(18)30(26,27)22-17(21(25)29-2)13-15-7-4-3-5-8-15/h3-5,7-8,10-11,14,17,22H,6,9,12-13H2,1-2H3. The van der Waals surface area contributed by atoms with Crippen molar-refractivity contribution in [1.29, 1.82) is 0 Å². The van der Waals surface area contributed by atoms with Crippen molar-refractivity contribution >= 4 is 27.6 Å². The van der Waals surface area contributed by atoms with Gasteiger partial charge >= 0.3 is 5.97 Å². The first-order valence-electron chi connectivity index (χ1n) is 9.48. The van der Waals surface area contributed by atoms with E-state index in [0.717, 1.165) is 5.56 Å². The Hall–Kier alpha value is -2.91. The molecule has 1 amide bonds. The van der Waals surface area contributed by atoms with Gasteiger partial charge in [0, 0.05) is 18.7 Å². The number of esters is 1. The summed E-state index contributed by atoms with van der Waals surface area (Å²) in [5, 5.41) is 0. The van der Waals surface area contributed by atoms with Crippen molar-refractivity contribution in [3.05, 3.63) is 54.1 Å².